The van der Waals surface area contributed by atoms with E-state index in [2.05, 4.69) is 39.1 Å². The lowest BCUT2D eigenvalue weighted by molar-refractivity contribution is 0.713. The fourth-order valence-electron chi connectivity index (χ4n) is 0.542. The molecule has 10 heavy (non-hydrogen) atoms. The fourth-order valence-corrected chi connectivity index (χ4v) is 0.857. The molecule has 1 aromatic rings. The molecule has 1 rings (SSSR count). The van der Waals surface area contributed by atoms with Crippen LogP contribution >= 0.6 is 15.9 Å². The molecule has 0 spiro atoms. The van der Waals surface area contributed by atoms with Gasteiger partial charge in [0.2, 0.25) is 0 Å². The standard InChI is InChI=1S/C7H6BrN2/c1-2-3-4-10-6-7(8)5-9-10/h6H,4H2,1H3. The van der Waals surface area contributed by atoms with E-state index in [0.717, 1.165) is 4.47 Å². The molecule has 3 heteroatoms. The van der Waals surface area contributed by atoms with Crippen LogP contribution in [0.3, 0.4) is 0 Å². The van der Waals surface area contributed by atoms with Crippen molar-refractivity contribution in [2.24, 2.45) is 0 Å². The first-order valence-corrected chi connectivity index (χ1v) is 3.62. The van der Waals surface area contributed by atoms with Crippen LogP contribution < -0.4 is 0 Å². The van der Waals surface area contributed by atoms with E-state index in [4.69, 9.17) is 0 Å². The van der Waals surface area contributed by atoms with Crippen molar-refractivity contribution in [3.63, 3.8) is 0 Å². The van der Waals surface area contributed by atoms with E-state index in [1.807, 2.05) is 13.1 Å². The molecule has 0 aliphatic carbocycles. The fraction of sp³-hybridized carbons (Fsp3) is 0.286. The first kappa shape index (κ1) is 7.36. The van der Waals surface area contributed by atoms with Crippen LogP contribution in [0.5, 0.6) is 0 Å². The highest BCUT2D eigenvalue weighted by molar-refractivity contribution is 9.10. The summed E-state index contributed by atoms with van der Waals surface area (Å²) in [4.78, 5) is 0. The average molecular weight is 198 g/mol. The summed E-state index contributed by atoms with van der Waals surface area (Å²) in [5, 5.41) is 3.90. The van der Waals surface area contributed by atoms with Crippen LogP contribution in [-0.2, 0) is 6.54 Å². The molecular formula is C7H6BrN2. The predicted octanol–water partition coefficient (Wildman–Crippen LogP) is 1.47. The quantitative estimate of drug-likeness (QED) is 0.624. The van der Waals surface area contributed by atoms with Gasteiger partial charge < -0.3 is 0 Å². The van der Waals surface area contributed by atoms with Crippen LogP contribution in [0.15, 0.2) is 10.7 Å². The van der Waals surface area contributed by atoms with Gasteiger partial charge >= 0.3 is 0 Å². The molecule has 0 aliphatic heterocycles. The lowest BCUT2D eigenvalue weighted by Crippen LogP contribution is -1.94. The van der Waals surface area contributed by atoms with Gasteiger partial charge in [-0.15, -0.1) is 5.92 Å². The van der Waals surface area contributed by atoms with Gasteiger partial charge in [-0.2, -0.15) is 5.10 Å². The molecule has 2 nitrogen and oxygen atoms in total. The largest absolute Gasteiger partial charge is 0.259 e. The number of rotatable bonds is 1. The van der Waals surface area contributed by atoms with Crippen molar-refractivity contribution < 1.29 is 0 Å². The minimum Gasteiger partial charge on any atom is -0.259 e. The second-order valence-corrected chi connectivity index (χ2v) is 2.57. The lowest BCUT2D eigenvalue weighted by atomic mass is 10.6. The zero-order valence-electron chi connectivity index (χ0n) is 5.56. The summed E-state index contributed by atoms with van der Waals surface area (Å²) >= 11 is 3.24. The molecule has 0 aromatic carbocycles. The van der Waals surface area contributed by atoms with Crippen molar-refractivity contribution in [3.05, 3.63) is 16.9 Å². The summed E-state index contributed by atoms with van der Waals surface area (Å²) in [5.41, 5.74) is 0. The zero-order valence-corrected chi connectivity index (χ0v) is 7.14. The highest BCUT2D eigenvalue weighted by Gasteiger charge is 1.90. The minimum absolute atomic E-state index is 0.638. The molecule has 0 aliphatic rings. The zero-order chi connectivity index (χ0) is 7.40. The number of halogens is 1. The van der Waals surface area contributed by atoms with Crippen molar-refractivity contribution in [1.82, 2.24) is 9.78 Å². The SMILES string of the molecule is CC#CCn1cc(Br)[c]n1. The van der Waals surface area contributed by atoms with E-state index in [9.17, 15) is 0 Å². The molecule has 0 atom stereocenters. The topological polar surface area (TPSA) is 17.8 Å². The lowest BCUT2D eigenvalue weighted by Gasteiger charge is -1.88. The van der Waals surface area contributed by atoms with Gasteiger partial charge in [0.1, 0.15) is 12.7 Å². The number of hydrogen-bond donors (Lipinski definition) is 0. The molecular weight excluding hydrogens is 192 g/mol. The van der Waals surface area contributed by atoms with Crippen LogP contribution in [0.4, 0.5) is 0 Å². The summed E-state index contributed by atoms with van der Waals surface area (Å²) in [6.07, 6.45) is 4.58. The van der Waals surface area contributed by atoms with Crippen molar-refractivity contribution in [2.75, 3.05) is 0 Å². The highest BCUT2D eigenvalue weighted by atomic mass is 79.9. The Morgan fingerprint density at radius 3 is 3.20 bits per heavy atom. The molecule has 0 bridgehead atoms. The third-order valence-corrected chi connectivity index (χ3v) is 1.35. The second kappa shape index (κ2) is 3.43. The number of hydrogen-bond acceptors (Lipinski definition) is 1. The second-order valence-electron chi connectivity index (χ2n) is 1.71. The molecule has 0 amide bonds. The van der Waals surface area contributed by atoms with Gasteiger partial charge in [-0.3, -0.25) is 4.68 Å². The Bertz CT molecular complexity index is 267. The third-order valence-electron chi connectivity index (χ3n) is 0.965. The maximum Gasteiger partial charge on any atom is 0.128 e. The van der Waals surface area contributed by atoms with E-state index in [0.29, 0.717) is 6.54 Å². The van der Waals surface area contributed by atoms with Crippen molar-refractivity contribution in [3.8, 4) is 11.8 Å². The Hall–Kier alpha value is -0.750. The Morgan fingerprint density at radius 2 is 2.70 bits per heavy atom. The smallest absolute Gasteiger partial charge is 0.128 e. The summed E-state index contributed by atoms with van der Waals surface area (Å²) in [7, 11) is 0. The Labute approximate surface area is 68.4 Å². The van der Waals surface area contributed by atoms with E-state index in [1.54, 1.807) is 4.68 Å². The van der Waals surface area contributed by atoms with Crippen molar-refractivity contribution in [1.29, 1.82) is 0 Å². The van der Waals surface area contributed by atoms with E-state index < -0.39 is 0 Å². The molecule has 1 aromatic heterocycles. The summed E-state index contributed by atoms with van der Waals surface area (Å²) < 4.78 is 2.59. The Balaban J connectivity index is 2.64. The van der Waals surface area contributed by atoms with Gasteiger partial charge in [-0.25, -0.2) is 0 Å². The van der Waals surface area contributed by atoms with Gasteiger partial charge in [0, 0.05) is 6.20 Å². The number of nitrogens with zero attached hydrogens (tertiary/aromatic N) is 2. The predicted molar refractivity (Wildman–Crippen MR) is 42.2 cm³/mol. The maximum absolute atomic E-state index is 3.90. The van der Waals surface area contributed by atoms with Crippen LogP contribution in [-0.4, -0.2) is 9.78 Å². The van der Waals surface area contributed by atoms with Crippen LogP contribution in [0.2, 0.25) is 0 Å². The molecule has 0 saturated carbocycles. The van der Waals surface area contributed by atoms with Crippen molar-refractivity contribution >= 4 is 15.9 Å². The normalized spacial score (nSPS) is 8.60. The molecule has 1 radical (unpaired) electrons. The van der Waals surface area contributed by atoms with Crippen LogP contribution in [0.1, 0.15) is 6.92 Å². The monoisotopic (exact) mass is 197 g/mol. The van der Waals surface area contributed by atoms with Crippen molar-refractivity contribution in [2.45, 2.75) is 13.5 Å². The highest BCUT2D eigenvalue weighted by Crippen LogP contribution is 2.04. The van der Waals surface area contributed by atoms with E-state index >= 15 is 0 Å². The summed E-state index contributed by atoms with van der Waals surface area (Å²) in [6.45, 7) is 2.45. The van der Waals surface area contributed by atoms with E-state index in [-0.39, 0.29) is 0 Å². The third kappa shape index (κ3) is 1.89. The first-order valence-electron chi connectivity index (χ1n) is 2.83. The molecule has 0 saturated heterocycles. The van der Waals surface area contributed by atoms with E-state index in [1.165, 1.54) is 0 Å². The van der Waals surface area contributed by atoms with Gasteiger partial charge in [-0.1, -0.05) is 5.92 Å². The molecule has 1 heterocycles. The number of aromatic nitrogens is 2. The molecule has 0 N–H and O–H groups in total. The van der Waals surface area contributed by atoms with Gasteiger partial charge in [0.05, 0.1) is 4.47 Å². The van der Waals surface area contributed by atoms with Gasteiger partial charge in [0.25, 0.3) is 0 Å². The Morgan fingerprint density at radius 1 is 1.90 bits per heavy atom. The first-order chi connectivity index (χ1) is 4.83. The maximum atomic E-state index is 3.90. The summed E-state index contributed by atoms with van der Waals surface area (Å²) in [6, 6.07) is 0. The molecule has 0 fully saturated rings. The minimum atomic E-state index is 0.638. The van der Waals surface area contributed by atoms with Gasteiger partial charge in [0.15, 0.2) is 0 Å². The summed E-state index contributed by atoms with van der Waals surface area (Å²) in [5.74, 6) is 5.67. The average Bonchev–Trinajstić information content (AvgIpc) is 2.31. The van der Waals surface area contributed by atoms with Crippen LogP contribution in [0.25, 0.3) is 0 Å². The Kier molecular flexibility index (Phi) is 2.52. The molecule has 51 valence electrons. The molecule has 0 unspecified atom stereocenters. The van der Waals surface area contributed by atoms with Gasteiger partial charge in [-0.05, 0) is 22.9 Å². The van der Waals surface area contributed by atoms with Crippen LogP contribution in [0, 0.1) is 18.0 Å².